The summed E-state index contributed by atoms with van der Waals surface area (Å²) in [5, 5.41) is 10.9. The van der Waals surface area contributed by atoms with Crippen LogP contribution in [0.4, 0.5) is 5.69 Å². The number of ether oxygens (including phenoxy) is 2. The maximum Gasteiger partial charge on any atom is 0.313 e. The second kappa shape index (κ2) is 9.26. The molecular weight excluding hydrogens is 496 g/mol. The van der Waals surface area contributed by atoms with Gasteiger partial charge in [0, 0.05) is 6.54 Å². The summed E-state index contributed by atoms with van der Waals surface area (Å²) in [7, 11) is 0. The van der Waals surface area contributed by atoms with Crippen molar-refractivity contribution in [1.29, 1.82) is 0 Å². The van der Waals surface area contributed by atoms with Crippen LogP contribution in [0.3, 0.4) is 0 Å². The minimum atomic E-state index is -1.42. The van der Waals surface area contributed by atoms with E-state index in [0.717, 1.165) is 5.56 Å². The number of nitrogens with zero attached hydrogens (tertiary/aromatic N) is 2. The van der Waals surface area contributed by atoms with E-state index in [1.165, 1.54) is 4.90 Å². The molecule has 0 aromatic heterocycles. The molecule has 8 nitrogen and oxygen atoms in total. The maximum atomic E-state index is 14.6. The van der Waals surface area contributed by atoms with Gasteiger partial charge in [-0.1, -0.05) is 62.2 Å². The fourth-order valence-electron chi connectivity index (χ4n) is 6.63. The molecule has 0 bridgehead atoms. The summed E-state index contributed by atoms with van der Waals surface area (Å²) in [5.74, 6) is -3.31. The van der Waals surface area contributed by atoms with E-state index in [1.807, 2.05) is 39.0 Å². The fourth-order valence-corrected chi connectivity index (χ4v) is 6.96. The van der Waals surface area contributed by atoms with Crippen LogP contribution in [0.5, 0.6) is 0 Å². The molecule has 7 atom stereocenters. The molecule has 0 aliphatic carbocycles. The van der Waals surface area contributed by atoms with Crippen molar-refractivity contribution in [2.75, 3.05) is 24.7 Å². The number of fused-ring (bicyclic) bond motifs is 2. The van der Waals surface area contributed by atoms with E-state index in [1.54, 1.807) is 36.1 Å². The summed E-state index contributed by atoms with van der Waals surface area (Å²) in [5.41, 5.74) is -1.18. The second-order valence-corrected chi connectivity index (χ2v) is 11.1. The number of esters is 1. The summed E-state index contributed by atoms with van der Waals surface area (Å²) >= 11 is 6.58. The van der Waals surface area contributed by atoms with Crippen molar-refractivity contribution in [3.8, 4) is 0 Å². The lowest BCUT2D eigenvalue weighted by Crippen LogP contribution is -2.60. The highest BCUT2D eigenvalue weighted by atomic mass is 35.5. The van der Waals surface area contributed by atoms with E-state index >= 15 is 0 Å². The number of aliphatic hydroxyl groups is 1. The third kappa shape index (κ3) is 3.67. The van der Waals surface area contributed by atoms with Crippen LogP contribution in [0.2, 0.25) is 5.02 Å². The number of cyclic esters (lactones) is 1. The zero-order chi connectivity index (χ0) is 26.7. The number of anilines is 1. The largest absolute Gasteiger partial charge is 0.461 e. The predicted octanol–water partition coefficient (Wildman–Crippen LogP) is 3.04. The Kier molecular flexibility index (Phi) is 6.49. The van der Waals surface area contributed by atoms with Gasteiger partial charge in [0.05, 0.1) is 34.9 Å². The van der Waals surface area contributed by atoms with Crippen LogP contribution in [0.1, 0.15) is 32.8 Å². The molecule has 2 saturated heterocycles. The molecule has 1 aromatic rings. The Morgan fingerprint density at radius 3 is 2.59 bits per heavy atom. The lowest BCUT2D eigenvalue weighted by molar-refractivity contribution is -0.158. The average molecular weight is 529 g/mol. The summed E-state index contributed by atoms with van der Waals surface area (Å²) in [6.07, 6.45) is 7.75. The molecule has 37 heavy (non-hydrogen) atoms. The number of amides is 2. The number of aliphatic hydroxyl groups excluding tert-OH is 1. The van der Waals surface area contributed by atoms with Gasteiger partial charge in [-0.25, -0.2) is 0 Å². The smallest absolute Gasteiger partial charge is 0.313 e. The molecule has 5 rings (SSSR count). The highest BCUT2D eigenvalue weighted by Crippen LogP contribution is 2.58. The van der Waals surface area contributed by atoms with Gasteiger partial charge >= 0.3 is 5.97 Å². The van der Waals surface area contributed by atoms with E-state index in [2.05, 4.69) is 0 Å². The van der Waals surface area contributed by atoms with Gasteiger partial charge in [-0.15, -0.1) is 0 Å². The first-order valence-corrected chi connectivity index (χ1v) is 13.2. The molecule has 1 unspecified atom stereocenters. The van der Waals surface area contributed by atoms with Crippen LogP contribution in [-0.2, 0) is 23.9 Å². The average Bonchev–Trinajstić information content (AvgIpc) is 3.11. The number of carbonyl (C=O) groups is 3. The predicted molar refractivity (Wildman–Crippen MR) is 138 cm³/mol. The van der Waals surface area contributed by atoms with Crippen molar-refractivity contribution in [2.45, 2.75) is 57.4 Å². The summed E-state index contributed by atoms with van der Waals surface area (Å²) in [6, 6.07) is 3.68. The van der Waals surface area contributed by atoms with Crippen molar-refractivity contribution in [1.82, 2.24) is 4.90 Å². The summed E-state index contributed by atoms with van der Waals surface area (Å²) in [6.45, 7) is 7.54. The zero-order valence-electron chi connectivity index (χ0n) is 21.5. The van der Waals surface area contributed by atoms with Crippen molar-refractivity contribution >= 4 is 35.1 Å². The van der Waals surface area contributed by atoms with Crippen molar-refractivity contribution in [2.24, 2.45) is 17.8 Å². The first kappa shape index (κ1) is 25.9. The fraction of sp³-hybridized carbons (Fsp3) is 0.536. The molecular formula is C28H33ClN2O6. The molecule has 2 fully saturated rings. The van der Waals surface area contributed by atoms with Gasteiger partial charge in [0.25, 0.3) is 5.91 Å². The van der Waals surface area contributed by atoms with Crippen LogP contribution in [-0.4, -0.2) is 70.8 Å². The number of likely N-dealkylation sites (tertiary alicyclic amines) is 1. The molecule has 4 aliphatic heterocycles. The Hall–Kier alpha value is -2.68. The quantitative estimate of drug-likeness (QED) is 0.466. The lowest BCUT2D eigenvalue weighted by Gasteiger charge is -2.41. The number of hydrogen-bond donors (Lipinski definition) is 1. The Labute approximate surface area is 221 Å². The van der Waals surface area contributed by atoms with E-state index in [9.17, 15) is 19.5 Å². The SMILES string of the molecule is CC[C@H](C)[C@H](CO)N1C(=O)[C@@H]2[C@@H]3C(=O)OCC=C[C@]3(C)O[C@@]23C=CCN(c2c(C)cccc2Cl)C(=O)C13. The number of benzene rings is 1. The van der Waals surface area contributed by atoms with Crippen molar-refractivity contribution in [3.05, 3.63) is 53.1 Å². The van der Waals surface area contributed by atoms with Crippen LogP contribution < -0.4 is 4.90 Å². The van der Waals surface area contributed by atoms with Gasteiger partial charge < -0.3 is 24.4 Å². The van der Waals surface area contributed by atoms with Gasteiger partial charge in [-0.3, -0.25) is 14.4 Å². The normalized spacial score (nSPS) is 34.4. The number of hydrogen-bond acceptors (Lipinski definition) is 6. The maximum absolute atomic E-state index is 14.6. The van der Waals surface area contributed by atoms with Crippen molar-refractivity contribution < 1.29 is 29.0 Å². The molecule has 4 aliphatic rings. The standard InChI is InChI=1S/C28H33ClN2O6/c1-5-16(2)19(15-32)31-23-25(34)30(22-17(3)9-6-10-18(22)29)13-7-12-28(23)20(24(31)33)21-26(35)36-14-8-11-27(21,4)37-28/h6-12,16,19-21,23,32H,5,13-15H2,1-4H3/t16-,19-,20-,21+,23?,27-,28-/m0/s1. The number of para-hydroxylation sites is 1. The van der Waals surface area contributed by atoms with Gasteiger partial charge in [0.2, 0.25) is 5.91 Å². The minimum absolute atomic E-state index is 0.0931. The van der Waals surface area contributed by atoms with Gasteiger partial charge in [0.15, 0.2) is 0 Å². The molecule has 9 heteroatoms. The van der Waals surface area contributed by atoms with E-state index in [4.69, 9.17) is 21.1 Å². The monoisotopic (exact) mass is 528 g/mol. The van der Waals surface area contributed by atoms with Crippen LogP contribution >= 0.6 is 11.6 Å². The van der Waals surface area contributed by atoms with E-state index in [0.29, 0.717) is 17.1 Å². The van der Waals surface area contributed by atoms with Crippen molar-refractivity contribution in [3.63, 3.8) is 0 Å². The van der Waals surface area contributed by atoms with Gasteiger partial charge in [-0.05, 0) is 37.5 Å². The molecule has 198 valence electrons. The summed E-state index contributed by atoms with van der Waals surface area (Å²) in [4.78, 5) is 45.2. The minimum Gasteiger partial charge on any atom is -0.461 e. The number of aryl methyl sites for hydroxylation is 1. The number of rotatable bonds is 5. The Balaban J connectivity index is 1.72. The first-order chi connectivity index (χ1) is 17.6. The Bertz CT molecular complexity index is 1180. The first-order valence-electron chi connectivity index (χ1n) is 12.8. The lowest BCUT2D eigenvalue weighted by atomic mass is 9.75. The zero-order valence-corrected chi connectivity index (χ0v) is 22.3. The number of carbonyl (C=O) groups excluding carboxylic acids is 3. The molecule has 4 heterocycles. The molecule has 2 amide bonds. The Morgan fingerprint density at radius 2 is 1.92 bits per heavy atom. The van der Waals surface area contributed by atoms with Gasteiger partial charge in [0.1, 0.15) is 24.2 Å². The molecule has 1 spiro atoms. The highest BCUT2D eigenvalue weighted by Gasteiger charge is 2.75. The van der Waals surface area contributed by atoms with Crippen LogP contribution in [0.25, 0.3) is 0 Å². The van der Waals surface area contributed by atoms with E-state index < -0.39 is 41.1 Å². The topological polar surface area (TPSA) is 96.4 Å². The number of halogens is 1. The summed E-state index contributed by atoms with van der Waals surface area (Å²) < 4.78 is 12.1. The third-order valence-corrected chi connectivity index (χ3v) is 8.86. The Morgan fingerprint density at radius 1 is 1.16 bits per heavy atom. The van der Waals surface area contributed by atoms with E-state index in [-0.39, 0.29) is 37.5 Å². The van der Waals surface area contributed by atoms with Gasteiger partial charge in [-0.2, -0.15) is 0 Å². The molecule has 1 N–H and O–H groups in total. The molecule has 1 aromatic carbocycles. The van der Waals surface area contributed by atoms with Crippen LogP contribution in [0, 0.1) is 24.7 Å². The highest BCUT2D eigenvalue weighted by molar-refractivity contribution is 6.34. The second-order valence-electron chi connectivity index (χ2n) is 10.7. The third-order valence-electron chi connectivity index (χ3n) is 8.55. The molecule has 0 radical (unpaired) electrons. The molecule has 0 saturated carbocycles. The van der Waals surface area contributed by atoms with Crippen LogP contribution in [0.15, 0.2) is 42.5 Å².